The molecule has 3 aromatic rings. The minimum atomic E-state index is -0.125. The van der Waals surface area contributed by atoms with Gasteiger partial charge in [-0.3, -0.25) is 4.79 Å². The number of hydrogen-bond donors (Lipinski definition) is 2. The van der Waals surface area contributed by atoms with E-state index in [4.69, 9.17) is 0 Å². The van der Waals surface area contributed by atoms with Gasteiger partial charge in [0.2, 0.25) is 0 Å². The zero-order chi connectivity index (χ0) is 11.0. The molecule has 2 aromatic heterocycles. The molecular formula is C12H9N3O. The minimum Gasteiger partial charge on any atom is -0.361 e. The van der Waals surface area contributed by atoms with E-state index < -0.39 is 0 Å². The molecule has 0 aliphatic rings. The molecule has 3 rings (SSSR count). The Kier molecular flexibility index (Phi) is 1.86. The van der Waals surface area contributed by atoms with Gasteiger partial charge < -0.3 is 9.97 Å². The summed E-state index contributed by atoms with van der Waals surface area (Å²) in [5, 5.41) is 1.03. The highest BCUT2D eigenvalue weighted by Crippen LogP contribution is 2.25. The average molecular weight is 211 g/mol. The number of H-pyrrole nitrogens is 2. The Balaban J connectivity index is 2.35. The van der Waals surface area contributed by atoms with Gasteiger partial charge in [0.15, 0.2) is 0 Å². The van der Waals surface area contributed by atoms with Crippen LogP contribution < -0.4 is 5.56 Å². The maximum atomic E-state index is 11.7. The first-order valence-electron chi connectivity index (χ1n) is 4.95. The summed E-state index contributed by atoms with van der Waals surface area (Å²) in [5.41, 5.74) is 2.35. The molecule has 0 saturated heterocycles. The molecule has 0 unspecified atom stereocenters. The molecule has 0 atom stereocenters. The van der Waals surface area contributed by atoms with Gasteiger partial charge in [0.25, 0.3) is 5.56 Å². The number of para-hydroxylation sites is 1. The van der Waals surface area contributed by atoms with Crippen LogP contribution in [0.2, 0.25) is 0 Å². The van der Waals surface area contributed by atoms with Crippen molar-refractivity contribution >= 4 is 10.9 Å². The van der Waals surface area contributed by atoms with Crippen LogP contribution in [0.3, 0.4) is 0 Å². The normalized spacial score (nSPS) is 10.8. The van der Waals surface area contributed by atoms with Crippen LogP contribution in [0.4, 0.5) is 0 Å². The second-order valence-electron chi connectivity index (χ2n) is 3.54. The highest BCUT2D eigenvalue weighted by atomic mass is 16.1. The van der Waals surface area contributed by atoms with Crippen LogP contribution >= 0.6 is 0 Å². The molecule has 0 radical (unpaired) electrons. The molecule has 0 aliphatic carbocycles. The zero-order valence-electron chi connectivity index (χ0n) is 8.40. The molecule has 2 N–H and O–H groups in total. The Labute approximate surface area is 91.0 Å². The van der Waals surface area contributed by atoms with Crippen molar-refractivity contribution < 1.29 is 0 Å². The van der Waals surface area contributed by atoms with E-state index >= 15 is 0 Å². The zero-order valence-corrected chi connectivity index (χ0v) is 8.40. The molecule has 78 valence electrons. The molecule has 0 saturated carbocycles. The first-order chi connectivity index (χ1) is 7.86. The molecule has 1 aromatic carbocycles. The second kappa shape index (κ2) is 3.34. The fourth-order valence-corrected chi connectivity index (χ4v) is 1.83. The van der Waals surface area contributed by atoms with E-state index in [0.29, 0.717) is 5.56 Å². The van der Waals surface area contributed by atoms with Crippen molar-refractivity contribution in [1.29, 1.82) is 0 Å². The molecular weight excluding hydrogens is 202 g/mol. The van der Waals surface area contributed by atoms with Gasteiger partial charge in [0.05, 0.1) is 11.9 Å². The van der Waals surface area contributed by atoms with Crippen molar-refractivity contribution in [2.75, 3.05) is 0 Å². The summed E-state index contributed by atoms with van der Waals surface area (Å²) in [7, 11) is 0. The summed E-state index contributed by atoms with van der Waals surface area (Å²) >= 11 is 0. The van der Waals surface area contributed by atoms with Crippen molar-refractivity contribution in [2.24, 2.45) is 0 Å². The van der Waals surface area contributed by atoms with Gasteiger partial charge in [0, 0.05) is 28.9 Å². The number of aromatic amines is 2. The van der Waals surface area contributed by atoms with E-state index in [2.05, 4.69) is 15.0 Å². The predicted molar refractivity (Wildman–Crippen MR) is 62.2 cm³/mol. The molecule has 4 heteroatoms. The van der Waals surface area contributed by atoms with Crippen LogP contribution in [0.1, 0.15) is 0 Å². The lowest BCUT2D eigenvalue weighted by molar-refractivity contribution is 1.12. The fraction of sp³-hybridized carbons (Fsp3) is 0. The quantitative estimate of drug-likeness (QED) is 0.646. The molecule has 2 heterocycles. The van der Waals surface area contributed by atoms with Crippen molar-refractivity contribution in [3.8, 4) is 11.1 Å². The number of rotatable bonds is 1. The van der Waals surface area contributed by atoms with Gasteiger partial charge in [-0.2, -0.15) is 0 Å². The topological polar surface area (TPSA) is 61.5 Å². The predicted octanol–water partition coefficient (Wildman–Crippen LogP) is 1.92. The van der Waals surface area contributed by atoms with Crippen molar-refractivity contribution in [3.05, 3.63) is 53.3 Å². The average Bonchev–Trinajstić information content (AvgIpc) is 2.74. The molecule has 4 nitrogen and oxygen atoms in total. The summed E-state index contributed by atoms with van der Waals surface area (Å²) in [6.45, 7) is 0. The van der Waals surface area contributed by atoms with Gasteiger partial charge in [-0.15, -0.1) is 0 Å². The van der Waals surface area contributed by atoms with E-state index in [1.54, 1.807) is 6.20 Å². The summed E-state index contributed by atoms with van der Waals surface area (Å²) in [6.07, 6.45) is 4.80. The number of aromatic nitrogens is 3. The smallest absolute Gasteiger partial charge is 0.258 e. The molecule has 0 spiro atoms. The van der Waals surface area contributed by atoms with Gasteiger partial charge in [-0.25, -0.2) is 4.98 Å². The minimum absolute atomic E-state index is 0.125. The third-order valence-corrected chi connectivity index (χ3v) is 2.60. The third kappa shape index (κ3) is 1.24. The lowest BCUT2D eigenvalue weighted by atomic mass is 10.1. The number of benzene rings is 1. The molecule has 0 bridgehead atoms. The molecule has 0 amide bonds. The Morgan fingerprint density at radius 2 is 1.94 bits per heavy atom. The fourth-order valence-electron chi connectivity index (χ4n) is 1.83. The number of hydrogen-bond acceptors (Lipinski definition) is 2. The Morgan fingerprint density at radius 1 is 1.06 bits per heavy atom. The van der Waals surface area contributed by atoms with E-state index in [-0.39, 0.29) is 5.56 Å². The van der Waals surface area contributed by atoms with Crippen LogP contribution in [0.25, 0.3) is 22.0 Å². The second-order valence-corrected chi connectivity index (χ2v) is 3.54. The van der Waals surface area contributed by atoms with Crippen molar-refractivity contribution in [2.45, 2.75) is 0 Å². The Morgan fingerprint density at radius 3 is 2.81 bits per heavy atom. The summed E-state index contributed by atoms with van der Waals surface area (Å²) in [6, 6.07) is 7.86. The molecule has 0 fully saturated rings. The lowest BCUT2D eigenvalue weighted by Gasteiger charge is -1.96. The van der Waals surface area contributed by atoms with Crippen LogP contribution in [-0.4, -0.2) is 15.0 Å². The van der Waals surface area contributed by atoms with Crippen LogP contribution in [0.5, 0.6) is 0 Å². The number of nitrogens with zero attached hydrogens (tertiary/aromatic N) is 1. The Bertz CT molecular complexity index is 696. The van der Waals surface area contributed by atoms with Gasteiger partial charge in [0.1, 0.15) is 0 Å². The Hall–Kier alpha value is -2.36. The number of nitrogens with one attached hydrogen (secondary N) is 2. The summed E-state index contributed by atoms with van der Waals surface area (Å²) < 4.78 is 0. The van der Waals surface area contributed by atoms with Crippen LogP contribution in [0.15, 0.2) is 47.8 Å². The first kappa shape index (κ1) is 8.91. The van der Waals surface area contributed by atoms with Crippen LogP contribution in [0, 0.1) is 0 Å². The third-order valence-electron chi connectivity index (χ3n) is 2.60. The van der Waals surface area contributed by atoms with Crippen molar-refractivity contribution in [1.82, 2.24) is 15.0 Å². The van der Waals surface area contributed by atoms with Gasteiger partial charge >= 0.3 is 0 Å². The van der Waals surface area contributed by atoms with E-state index in [9.17, 15) is 4.79 Å². The highest BCUT2D eigenvalue weighted by Gasteiger charge is 2.08. The van der Waals surface area contributed by atoms with E-state index in [1.807, 2.05) is 30.5 Å². The largest absolute Gasteiger partial charge is 0.361 e. The van der Waals surface area contributed by atoms with Gasteiger partial charge in [-0.1, -0.05) is 18.2 Å². The number of fused-ring (bicyclic) bond motifs is 1. The van der Waals surface area contributed by atoms with Crippen molar-refractivity contribution in [3.63, 3.8) is 0 Å². The summed E-state index contributed by atoms with van der Waals surface area (Å²) in [5.74, 6) is 0. The maximum absolute atomic E-state index is 11.7. The first-order valence-corrected chi connectivity index (χ1v) is 4.95. The highest BCUT2D eigenvalue weighted by molar-refractivity contribution is 5.94. The standard InChI is InChI=1S/C12H9N3O/c16-12-10(5-13-7-15-12)9-6-14-11-4-2-1-3-8(9)11/h1-7,14H,(H,13,15,16). The van der Waals surface area contributed by atoms with Crippen LogP contribution in [-0.2, 0) is 0 Å². The van der Waals surface area contributed by atoms with E-state index in [1.165, 1.54) is 6.33 Å². The molecule has 16 heavy (non-hydrogen) atoms. The molecule has 0 aliphatic heterocycles. The monoisotopic (exact) mass is 211 g/mol. The van der Waals surface area contributed by atoms with Gasteiger partial charge in [-0.05, 0) is 6.07 Å². The SMILES string of the molecule is O=c1[nH]cncc1-c1c[nH]c2ccccc12. The summed E-state index contributed by atoms with van der Waals surface area (Å²) in [4.78, 5) is 21.3. The lowest BCUT2D eigenvalue weighted by Crippen LogP contribution is -2.07. The van der Waals surface area contributed by atoms with E-state index in [0.717, 1.165) is 16.5 Å². The maximum Gasteiger partial charge on any atom is 0.258 e.